The van der Waals surface area contributed by atoms with Crippen molar-refractivity contribution >= 4 is 15.9 Å². The van der Waals surface area contributed by atoms with Gasteiger partial charge in [0.1, 0.15) is 11.6 Å². The predicted octanol–water partition coefficient (Wildman–Crippen LogP) is 3.86. The van der Waals surface area contributed by atoms with E-state index in [0.717, 1.165) is 18.6 Å². The monoisotopic (exact) mass is 302 g/mol. The quantitative estimate of drug-likeness (QED) is 0.808. The van der Waals surface area contributed by atoms with E-state index in [2.05, 4.69) is 26.1 Å². The fraction of sp³-hybridized carbons (Fsp3) is 0.273. The molecule has 3 nitrogen and oxygen atoms in total. The largest absolute Gasteiger partial charge is 0.419 e. The first kappa shape index (κ1) is 12.2. The standard InChI is InChI=1S/C11H9BrF2N2O/c1-2-8(12)11-16-15-10(17-11)7-4-3-6(13)5-9(7)14/h3-5,8H,2H2,1H3. The first-order valence-corrected chi connectivity index (χ1v) is 5.96. The second-order valence-electron chi connectivity index (χ2n) is 3.45. The Labute approximate surface area is 105 Å². The van der Waals surface area contributed by atoms with E-state index in [4.69, 9.17) is 4.42 Å². The van der Waals surface area contributed by atoms with Gasteiger partial charge in [-0.05, 0) is 18.6 Å². The number of nitrogens with zero attached hydrogens (tertiary/aromatic N) is 2. The van der Waals surface area contributed by atoms with Crippen molar-refractivity contribution in [3.05, 3.63) is 35.7 Å². The van der Waals surface area contributed by atoms with Crippen LogP contribution >= 0.6 is 15.9 Å². The van der Waals surface area contributed by atoms with Crippen LogP contribution < -0.4 is 0 Å². The number of hydrogen-bond acceptors (Lipinski definition) is 3. The molecule has 1 aromatic carbocycles. The van der Waals surface area contributed by atoms with Gasteiger partial charge in [0.05, 0.1) is 10.4 Å². The number of alkyl halides is 1. The van der Waals surface area contributed by atoms with Gasteiger partial charge in [-0.25, -0.2) is 8.78 Å². The summed E-state index contributed by atoms with van der Waals surface area (Å²) in [5, 5.41) is 7.54. The van der Waals surface area contributed by atoms with Crippen molar-refractivity contribution < 1.29 is 13.2 Å². The molecule has 0 spiro atoms. The Hall–Kier alpha value is -1.30. The molecule has 0 aliphatic carbocycles. The first-order chi connectivity index (χ1) is 8.11. The van der Waals surface area contributed by atoms with Crippen LogP contribution in [0.5, 0.6) is 0 Å². The average Bonchev–Trinajstić information content (AvgIpc) is 2.77. The minimum Gasteiger partial charge on any atom is -0.419 e. The average molecular weight is 303 g/mol. The molecule has 1 atom stereocenters. The van der Waals surface area contributed by atoms with E-state index in [-0.39, 0.29) is 16.3 Å². The summed E-state index contributed by atoms with van der Waals surface area (Å²) < 4.78 is 31.5. The third kappa shape index (κ3) is 2.52. The highest BCUT2D eigenvalue weighted by Crippen LogP contribution is 2.28. The Kier molecular flexibility index (Phi) is 3.51. The maximum atomic E-state index is 13.4. The molecule has 0 amide bonds. The van der Waals surface area contributed by atoms with Crippen molar-refractivity contribution in [1.29, 1.82) is 0 Å². The fourth-order valence-electron chi connectivity index (χ4n) is 1.31. The van der Waals surface area contributed by atoms with Gasteiger partial charge < -0.3 is 4.42 Å². The zero-order valence-corrected chi connectivity index (χ0v) is 10.5. The zero-order chi connectivity index (χ0) is 12.4. The second kappa shape index (κ2) is 4.91. The molecule has 0 saturated carbocycles. The fourth-order valence-corrected chi connectivity index (χ4v) is 1.49. The second-order valence-corrected chi connectivity index (χ2v) is 4.55. The third-order valence-corrected chi connectivity index (χ3v) is 3.27. The lowest BCUT2D eigenvalue weighted by atomic mass is 10.2. The Morgan fingerprint density at radius 3 is 2.76 bits per heavy atom. The Morgan fingerprint density at radius 1 is 1.35 bits per heavy atom. The van der Waals surface area contributed by atoms with E-state index >= 15 is 0 Å². The molecule has 0 saturated heterocycles. The summed E-state index contributed by atoms with van der Waals surface area (Å²) in [6, 6.07) is 3.20. The van der Waals surface area contributed by atoms with Crippen molar-refractivity contribution in [1.82, 2.24) is 10.2 Å². The number of benzene rings is 1. The molecule has 1 aromatic heterocycles. The van der Waals surface area contributed by atoms with Gasteiger partial charge in [-0.2, -0.15) is 0 Å². The van der Waals surface area contributed by atoms with Crippen molar-refractivity contribution in [2.75, 3.05) is 0 Å². The van der Waals surface area contributed by atoms with Gasteiger partial charge in [0.2, 0.25) is 5.89 Å². The lowest BCUT2D eigenvalue weighted by Gasteiger charge is -1.99. The van der Waals surface area contributed by atoms with Crippen LogP contribution in [0, 0.1) is 11.6 Å². The summed E-state index contributed by atoms with van der Waals surface area (Å²) in [5.74, 6) is -0.928. The van der Waals surface area contributed by atoms with Crippen LogP contribution in [0.1, 0.15) is 24.1 Å². The van der Waals surface area contributed by atoms with Gasteiger partial charge in [-0.3, -0.25) is 0 Å². The molecule has 2 aromatic rings. The van der Waals surface area contributed by atoms with Gasteiger partial charge in [0.15, 0.2) is 0 Å². The maximum Gasteiger partial charge on any atom is 0.250 e. The summed E-state index contributed by atoms with van der Waals surface area (Å²) >= 11 is 3.35. The molecule has 0 bridgehead atoms. The molecule has 0 aliphatic heterocycles. The van der Waals surface area contributed by atoms with Gasteiger partial charge in [0, 0.05) is 6.07 Å². The van der Waals surface area contributed by atoms with Crippen LogP contribution in [0.4, 0.5) is 8.78 Å². The molecule has 6 heteroatoms. The first-order valence-electron chi connectivity index (χ1n) is 5.04. The highest BCUT2D eigenvalue weighted by Gasteiger charge is 2.17. The van der Waals surface area contributed by atoms with Gasteiger partial charge in [-0.15, -0.1) is 10.2 Å². The number of hydrogen-bond donors (Lipinski definition) is 0. The minimum atomic E-state index is -0.720. The van der Waals surface area contributed by atoms with E-state index in [0.29, 0.717) is 5.89 Å². The predicted molar refractivity (Wildman–Crippen MR) is 61.6 cm³/mol. The molecule has 1 heterocycles. The van der Waals surface area contributed by atoms with Crippen LogP contribution in [-0.4, -0.2) is 10.2 Å². The van der Waals surface area contributed by atoms with Crippen molar-refractivity contribution in [3.63, 3.8) is 0 Å². The molecule has 0 N–H and O–H groups in total. The van der Waals surface area contributed by atoms with Crippen LogP contribution in [0.15, 0.2) is 22.6 Å². The van der Waals surface area contributed by atoms with Crippen LogP contribution in [-0.2, 0) is 0 Å². The highest BCUT2D eigenvalue weighted by molar-refractivity contribution is 9.09. The lowest BCUT2D eigenvalue weighted by Crippen LogP contribution is -1.86. The Morgan fingerprint density at radius 2 is 2.12 bits per heavy atom. The maximum absolute atomic E-state index is 13.4. The Bertz CT molecular complexity index is 530. The topological polar surface area (TPSA) is 38.9 Å². The van der Waals surface area contributed by atoms with Crippen LogP contribution in [0.25, 0.3) is 11.5 Å². The Balaban J connectivity index is 2.37. The molecular weight excluding hydrogens is 294 g/mol. The third-order valence-electron chi connectivity index (χ3n) is 2.23. The number of rotatable bonds is 3. The van der Waals surface area contributed by atoms with Crippen molar-refractivity contribution in [2.24, 2.45) is 0 Å². The summed E-state index contributed by atoms with van der Waals surface area (Å²) in [6.07, 6.45) is 0.771. The smallest absolute Gasteiger partial charge is 0.250 e. The van der Waals surface area contributed by atoms with Gasteiger partial charge >= 0.3 is 0 Å². The summed E-state index contributed by atoms with van der Waals surface area (Å²) in [7, 11) is 0. The summed E-state index contributed by atoms with van der Waals surface area (Å²) in [6.45, 7) is 1.95. The molecule has 0 fully saturated rings. The summed E-state index contributed by atoms with van der Waals surface area (Å²) in [5.41, 5.74) is 0.0981. The van der Waals surface area contributed by atoms with E-state index in [1.165, 1.54) is 6.07 Å². The van der Waals surface area contributed by atoms with E-state index in [1.54, 1.807) is 0 Å². The molecule has 90 valence electrons. The van der Waals surface area contributed by atoms with E-state index in [9.17, 15) is 8.78 Å². The summed E-state index contributed by atoms with van der Waals surface area (Å²) in [4.78, 5) is -0.0627. The molecule has 1 unspecified atom stereocenters. The molecular formula is C11H9BrF2N2O. The zero-order valence-electron chi connectivity index (χ0n) is 8.95. The van der Waals surface area contributed by atoms with Crippen LogP contribution in [0.3, 0.4) is 0 Å². The van der Waals surface area contributed by atoms with Crippen molar-refractivity contribution in [3.8, 4) is 11.5 Å². The van der Waals surface area contributed by atoms with Crippen molar-refractivity contribution in [2.45, 2.75) is 18.2 Å². The van der Waals surface area contributed by atoms with E-state index < -0.39 is 11.6 Å². The normalized spacial score (nSPS) is 12.7. The number of aromatic nitrogens is 2. The SMILES string of the molecule is CCC(Br)c1nnc(-c2ccc(F)cc2F)o1. The minimum absolute atomic E-state index is 0.0513. The lowest BCUT2D eigenvalue weighted by molar-refractivity contribution is 0.495. The number of halogens is 3. The molecule has 2 rings (SSSR count). The molecule has 0 aliphatic rings. The van der Waals surface area contributed by atoms with Gasteiger partial charge in [0.25, 0.3) is 5.89 Å². The molecule has 17 heavy (non-hydrogen) atoms. The van der Waals surface area contributed by atoms with Gasteiger partial charge in [-0.1, -0.05) is 22.9 Å². The van der Waals surface area contributed by atoms with E-state index in [1.807, 2.05) is 6.92 Å². The molecule has 0 radical (unpaired) electrons. The highest BCUT2D eigenvalue weighted by atomic mass is 79.9. The van der Waals surface area contributed by atoms with Crippen LogP contribution in [0.2, 0.25) is 0 Å².